The molecule has 1 aromatic carbocycles. The zero-order valence-electron chi connectivity index (χ0n) is 10.3. The first-order valence-electron chi connectivity index (χ1n) is 6.13. The van der Waals surface area contributed by atoms with Crippen LogP contribution in [-0.4, -0.2) is 24.2 Å². The van der Waals surface area contributed by atoms with E-state index in [-0.39, 0.29) is 0 Å². The number of nitrogens with one attached hydrogen (secondary N) is 1. The normalized spacial score (nSPS) is 22.5. The highest BCUT2D eigenvalue weighted by Crippen LogP contribution is 2.27. The van der Waals surface area contributed by atoms with Gasteiger partial charge in [0.1, 0.15) is 0 Å². The van der Waals surface area contributed by atoms with Gasteiger partial charge in [0.25, 0.3) is 0 Å². The highest BCUT2D eigenvalue weighted by atomic mass is 16.5. The van der Waals surface area contributed by atoms with Crippen molar-refractivity contribution in [1.82, 2.24) is 4.98 Å². The van der Waals surface area contributed by atoms with Crippen LogP contribution in [0, 0.1) is 0 Å². The number of benzene rings is 1. The number of hydrogen-bond donors (Lipinski definition) is 1. The van der Waals surface area contributed by atoms with Crippen molar-refractivity contribution in [3.05, 3.63) is 36.9 Å². The number of anilines is 1. The largest absolute Gasteiger partial charge is 0.444 e. The van der Waals surface area contributed by atoms with Crippen LogP contribution in [0.5, 0.6) is 0 Å². The highest BCUT2D eigenvalue weighted by molar-refractivity contribution is 5.60. The minimum absolute atomic E-state index is 0.427. The van der Waals surface area contributed by atoms with Crippen molar-refractivity contribution in [3.63, 3.8) is 0 Å². The van der Waals surface area contributed by atoms with E-state index in [9.17, 15) is 0 Å². The van der Waals surface area contributed by atoms with Crippen LogP contribution in [0.25, 0.3) is 11.3 Å². The Morgan fingerprint density at radius 3 is 2.67 bits per heavy atom. The van der Waals surface area contributed by atoms with E-state index in [4.69, 9.17) is 9.15 Å². The van der Waals surface area contributed by atoms with Gasteiger partial charge in [-0.25, -0.2) is 4.98 Å². The van der Waals surface area contributed by atoms with Crippen LogP contribution in [0.4, 0.5) is 5.69 Å². The molecule has 0 saturated heterocycles. The molecule has 1 aliphatic carbocycles. The van der Waals surface area contributed by atoms with Gasteiger partial charge in [-0.3, -0.25) is 0 Å². The molecule has 1 N–H and O–H groups in total. The number of oxazole rings is 1. The number of aromatic nitrogens is 1. The molecule has 18 heavy (non-hydrogen) atoms. The molecule has 4 nitrogen and oxygen atoms in total. The summed E-state index contributed by atoms with van der Waals surface area (Å²) in [6, 6.07) is 8.74. The molecule has 1 saturated carbocycles. The van der Waals surface area contributed by atoms with Crippen molar-refractivity contribution >= 4 is 5.69 Å². The molecule has 0 bridgehead atoms. The summed E-state index contributed by atoms with van der Waals surface area (Å²) in [6.45, 7) is 0. The van der Waals surface area contributed by atoms with Gasteiger partial charge in [0.15, 0.2) is 12.2 Å². The Bertz CT molecular complexity index is 487. The van der Waals surface area contributed by atoms with Gasteiger partial charge in [0.2, 0.25) is 0 Å². The molecule has 4 heteroatoms. The molecule has 1 heterocycles. The predicted octanol–water partition coefficient (Wildman–Crippen LogP) is 2.93. The lowest BCUT2D eigenvalue weighted by Gasteiger charge is -2.35. The molecule has 0 amide bonds. The first kappa shape index (κ1) is 11.3. The quantitative estimate of drug-likeness (QED) is 0.898. The molecule has 0 aliphatic heterocycles. The Morgan fingerprint density at radius 2 is 2.06 bits per heavy atom. The smallest absolute Gasteiger partial charge is 0.181 e. The van der Waals surface area contributed by atoms with Crippen LogP contribution in [0.2, 0.25) is 0 Å². The number of nitrogens with zero attached hydrogens (tertiary/aromatic N) is 1. The number of hydrogen-bond acceptors (Lipinski definition) is 4. The van der Waals surface area contributed by atoms with Crippen molar-refractivity contribution in [2.75, 3.05) is 12.4 Å². The molecular formula is C14H16N2O2. The van der Waals surface area contributed by atoms with E-state index in [0.29, 0.717) is 12.1 Å². The maximum Gasteiger partial charge on any atom is 0.181 e. The summed E-state index contributed by atoms with van der Waals surface area (Å²) in [5, 5.41) is 3.49. The van der Waals surface area contributed by atoms with E-state index in [1.165, 1.54) is 6.39 Å². The molecule has 1 aliphatic rings. The standard InChI is InChI=1S/C14H16N2O2/c1-17-13-6-12(7-13)16-11-4-2-10(3-5-11)14-8-15-9-18-14/h2-5,8-9,12-13,16H,6-7H2,1H3. The van der Waals surface area contributed by atoms with Gasteiger partial charge in [0, 0.05) is 24.4 Å². The summed E-state index contributed by atoms with van der Waals surface area (Å²) in [5.74, 6) is 0.796. The lowest BCUT2D eigenvalue weighted by atomic mass is 9.89. The van der Waals surface area contributed by atoms with Crippen LogP contribution in [-0.2, 0) is 4.74 Å². The number of rotatable bonds is 4. The second-order valence-corrected chi connectivity index (χ2v) is 4.61. The molecule has 94 valence electrons. The van der Waals surface area contributed by atoms with Crippen molar-refractivity contribution in [1.29, 1.82) is 0 Å². The Balaban J connectivity index is 1.62. The zero-order chi connectivity index (χ0) is 12.4. The van der Waals surface area contributed by atoms with Crippen LogP contribution in [0.15, 0.2) is 41.3 Å². The fraction of sp³-hybridized carbons (Fsp3) is 0.357. The summed E-state index contributed by atoms with van der Waals surface area (Å²) >= 11 is 0. The minimum atomic E-state index is 0.427. The summed E-state index contributed by atoms with van der Waals surface area (Å²) < 4.78 is 10.5. The molecule has 0 radical (unpaired) electrons. The minimum Gasteiger partial charge on any atom is -0.444 e. The Labute approximate surface area is 106 Å². The van der Waals surface area contributed by atoms with Crippen LogP contribution >= 0.6 is 0 Å². The summed E-state index contributed by atoms with van der Waals surface area (Å²) in [7, 11) is 1.77. The van der Waals surface area contributed by atoms with E-state index in [2.05, 4.69) is 22.4 Å². The number of methoxy groups -OCH3 is 1. The number of ether oxygens (including phenoxy) is 1. The third-order valence-electron chi connectivity index (χ3n) is 3.40. The average molecular weight is 244 g/mol. The van der Waals surface area contributed by atoms with Gasteiger partial charge < -0.3 is 14.5 Å². The second kappa shape index (κ2) is 4.82. The maximum absolute atomic E-state index is 5.26. The van der Waals surface area contributed by atoms with Gasteiger partial charge in [-0.05, 0) is 37.1 Å². The van der Waals surface area contributed by atoms with Crippen LogP contribution in [0.1, 0.15) is 12.8 Å². The SMILES string of the molecule is COC1CC(Nc2ccc(-c3cnco3)cc2)C1. The molecule has 0 unspecified atom stereocenters. The molecule has 3 rings (SSSR count). The molecule has 0 atom stereocenters. The first-order valence-corrected chi connectivity index (χ1v) is 6.13. The molecule has 1 fully saturated rings. The van der Waals surface area contributed by atoms with Crippen molar-refractivity contribution in [2.45, 2.75) is 25.0 Å². The van der Waals surface area contributed by atoms with Gasteiger partial charge in [0.05, 0.1) is 12.3 Å². The van der Waals surface area contributed by atoms with Crippen LogP contribution < -0.4 is 5.32 Å². The average Bonchev–Trinajstić information content (AvgIpc) is 2.88. The van der Waals surface area contributed by atoms with E-state index in [1.54, 1.807) is 13.3 Å². The van der Waals surface area contributed by atoms with Gasteiger partial charge in [-0.15, -0.1) is 0 Å². The summed E-state index contributed by atoms with van der Waals surface area (Å²) in [6.07, 6.45) is 5.76. The molecule has 0 spiro atoms. The Kier molecular flexibility index (Phi) is 3.02. The maximum atomic E-state index is 5.26. The highest BCUT2D eigenvalue weighted by Gasteiger charge is 2.28. The topological polar surface area (TPSA) is 47.3 Å². The van der Waals surface area contributed by atoms with Gasteiger partial charge >= 0.3 is 0 Å². The van der Waals surface area contributed by atoms with Crippen molar-refractivity contribution < 1.29 is 9.15 Å². The molecule has 1 aromatic heterocycles. The predicted molar refractivity (Wildman–Crippen MR) is 69.4 cm³/mol. The van der Waals surface area contributed by atoms with E-state index < -0.39 is 0 Å². The Morgan fingerprint density at radius 1 is 1.28 bits per heavy atom. The first-order chi connectivity index (χ1) is 8.85. The van der Waals surface area contributed by atoms with Crippen LogP contribution in [0.3, 0.4) is 0 Å². The van der Waals surface area contributed by atoms with E-state index >= 15 is 0 Å². The summed E-state index contributed by atoms with van der Waals surface area (Å²) in [5.41, 5.74) is 2.18. The lowest BCUT2D eigenvalue weighted by molar-refractivity contribution is 0.0329. The van der Waals surface area contributed by atoms with E-state index in [0.717, 1.165) is 29.9 Å². The fourth-order valence-corrected chi connectivity index (χ4v) is 2.20. The fourth-order valence-electron chi connectivity index (χ4n) is 2.20. The van der Waals surface area contributed by atoms with Gasteiger partial charge in [-0.1, -0.05) is 0 Å². The molecule has 2 aromatic rings. The zero-order valence-corrected chi connectivity index (χ0v) is 10.3. The van der Waals surface area contributed by atoms with Crippen molar-refractivity contribution in [3.8, 4) is 11.3 Å². The molecular weight excluding hydrogens is 228 g/mol. The monoisotopic (exact) mass is 244 g/mol. The van der Waals surface area contributed by atoms with E-state index in [1.807, 2.05) is 12.1 Å². The second-order valence-electron chi connectivity index (χ2n) is 4.61. The third kappa shape index (κ3) is 2.24. The van der Waals surface area contributed by atoms with Gasteiger partial charge in [-0.2, -0.15) is 0 Å². The summed E-state index contributed by atoms with van der Waals surface area (Å²) in [4.78, 5) is 3.91. The lowest BCUT2D eigenvalue weighted by Crippen LogP contribution is -2.40. The Hall–Kier alpha value is -1.81. The van der Waals surface area contributed by atoms with Crippen molar-refractivity contribution in [2.24, 2.45) is 0 Å². The third-order valence-corrected chi connectivity index (χ3v) is 3.40.